The molecule has 1 aliphatic carbocycles. The molecule has 3 N–H and O–H groups in total. The van der Waals surface area contributed by atoms with Gasteiger partial charge in [-0.3, -0.25) is 9.79 Å². The smallest absolute Gasteiger partial charge is 0.220 e. The molecule has 0 aliphatic heterocycles. The van der Waals surface area contributed by atoms with Gasteiger partial charge in [-0.1, -0.05) is 39.0 Å². The molecule has 0 aromatic carbocycles. The highest BCUT2D eigenvalue weighted by atomic mass is 16.1. The molecule has 0 radical (unpaired) electrons. The van der Waals surface area contributed by atoms with E-state index in [0.717, 1.165) is 18.9 Å². The second-order valence-corrected chi connectivity index (χ2v) is 6.19. The van der Waals surface area contributed by atoms with Crippen LogP contribution in [0.25, 0.3) is 0 Å². The number of aliphatic imine (C=N–C) groups is 1. The van der Waals surface area contributed by atoms with E-state index in [0.29, 0.717) is 25.4 Å². The van der Waals surface area contributed by atoms with Crippen LogP contribution in [0.5, 0.6) is 0 Å². The van der Waals surface area contributed by atoms with E-state index in [1.54, 1.807) is 7.05 Å². The van der Waals surface area contributed by atoms with Crippen molar-refractivity contribution in [3.63, 3.8) is 0 Å². The number of hydrogen-bond acceptors (Lipinski definition) is 2. The summed E-state index contributed by atoms with van der Waals surface area (Å²) in [6.07, 6.45) is 10.7. The zero-order chi connectivity index (χ0) is 16.0. The minimum atomic E-state index is 0.194. The average Bonchev–Trinajstić information content (AvgIpc) is 2.54. The number of hydrogen-bond donors (Lipinski definition) is 3. The molecular weight excluding hydrogens is 276 g/mol. The predicted octanol–water partition coefficient (Wildman–Crippen LogP) is 2.43. The second kappa shape index (κ2) is 12.3. The summed E-state index contributed by atoms with van der Waals surface area (Å²) in [5.74, 6) is 1.62. The van der Waals surface area contributed by atoms with Crippen molar-refractivity contribution in [1.29, 1.82) is 0 Å². The quantitative estimate of drug-likeness (QED) is 0.348. The van der Waals surface area contributed by atoms with Gasteiger partial charge in [0.1, 0.15) is 0 Å². The van der Waals surface area contributed by atoms with Gasteiger partial charge in [0.2, 0.25) is 5.91 Å². The minimum absolute atomic E-state index is 0.194. The summed E-state index contributed by atoms with van der Waals surface area (Å²) in [6.45, 7) is 4.51. The zero-order valence-electron chi connectivity index (χ0n) is 14.4. The van der Waals surface area contributed by atoms with Crippen molar-refractivity contribution in [2.24, 2.45) is 10.9 Å². The molecule has 5 nitrogen and oxygen atoms in total. The van der Waals surface area contributed by atoms with E-state index < -0.39 is 0 Å². The van der Waals surface area contributed by atoms with Gasteiger partial charge >= 0.3 is 0 Å². The number of carbonyl (C=O) groups is 1. The van der Waals surface area contributed by atoms with E-state index in [-0.39, 0.29) is 5.91 Å². The van der Waals surface area contributed by atoms with Crippen LogP contribution in [-0.4, -0.2) is 38.5 Å². The lowest BCUT2D eigenvalue weighted by Gasteiger charge is -2.20. The Labute approximate surface area is 135 Å². The van der Waals surface area contributed by atoms with Crippen molar-refractivity contribution < 1.29 is 4.79 Å². The van der Waals surface area contributed by atoms with Crippen molar-refractivity contribution in [3.05, 3.63) is 0 Å². The monoisotopic (exact) mass is 310 g/mol. The number of nitrogens with one attached hydrogen (secondary N) is 3. The summed E-state index contributed by atoms with van der Waals surface area (Å²) in [7, 11) is 1.77. The van der Waals surface area contributed by atoms with E-state index in [1.165, 1.54) is 44.9 Å². The third kappa shape index (κ3) is 8.90. The van der Waals surface area contributed by atoms with Crippen LogP contribution in [0.4, 0.5) is 0 Å². The summed E-state index contributed by atoms with van der Waals surface area (Å²) in [5, 5.41) is 9.52. The van der Waals surface area contributed by atoms with Crippen LogP contribution in [-0.2, 0) is 4.79 Å². The third-order valence-electron chi connectivity index (χ3n) is 4.23. The predicted molar refractivity (Wildman–Crippen MR) is 93.1 cm³/mol. The highest BCUT2D eigenvalue weighted by Crippen LogP contribution is 2.25. The highest BCUT2D eigenvalue weighted by Gasteiger charge is 2.16. The molecule has 0 spiro atoms. The lowest BCUT2D eigenvalue weighted by atomic mass is 9.87. The van der Waals surface area contributed by atoms with E-state index in [2.05, 4.69) is 27.9 Å². The fraction of sp³-hybridized carbons (Fsp3) is 0.882. The van der Waals surface area contributed by atoms with Gasteiger partial charge in [-0.05, 0) is 25.2 Å². The molecule has 1 aliphatic rings. The first-order valence-electron chi connectivity index (χ1n) is 8.97. The number of guanidine groups is 1. The standard InChI is InChI=1S/C17H34N4O/c1-3-4-8-11-20-17(18-2)21-13-12-19-16(22)14-15-9-6-5-7-10-15/h15H,3-14H2,1-2H3,(H,19,22)(H2,18,20,21). The molecule has 0 aromatic heterocycles. The van der Waals surface area contributed by atoms with E-state index >= 15 is 0 Å². The first-order chi connectivity index (χ1) is 10.8. The number of rotatable bonds is 9. The van der Waals surface area contributed by atoms with Gasteiger partial charge in [-0.15, -0.1) is 0 Å². The SMILES string of the molecule is CCCCCNC(=NC)NCCNC(=O)CC1CCCCC1. The normalized spacial score (nSPS) is 16.4. The van der Waals surface area contributed by atoms with Crippen molar-refractivity contribution in [1.82, 2.24) is 16.0 Å². The first kappa shape index (κ1) is 18.8. The van der Waals surface area contributed by atoms with Crippen molar-refractivity contribution in [2.75, 3.05) is 26.7 Å². The minimum Gasteiger partial charge on any atom is -0.356 e. The van der Waals surface area contributed by atoms with Crippen LogP contribution < -0.4 is 16.0 Å². The Hall–Kier alpha value is -1.26. The molecule has 1 saturated carbocycles. The maximum atomic E-state index is 11.9. The Balaban J connectivity index is 2.03. The van der Waals surface area contributed by atoms with Crippen LogP contribution in [0.1, 0.15) is 64.7 Å². The first-order valence-corrected chi connectivity index (χ1v) is 8.97. The third-order valence-corrected chi connectivity index (χ3v) is 4.23. The number of carbonyl (C=O) groups excluding carboxylic acids is 1. The molecular formula is C17H34N4O. The van der Waals surface area contributed by atoms with Gasteiger partial charge in [0.15, 0.2) is 5.96 Å². The number of nitrogens with zero attached hydrogens (tertiary/aromatic N) is 1. The molecule has 0 aromatic rings. The summed E-state index contributed by atoms with van der Waals surface area (Å²) >= 11 is 0. The molecule has 0 heterocycles. The lowest BCUT2D eigenvalue weighted by Crippen LogP contribution is -2.42. The van der Waals surface area contributed by atoms with Gasteiger partial charge < -0.3 is 16.0 Å². The maximum absolute atomic E-state index is 11.9. The Bertz CT molecular complexity index is 325. The Morgan fingerprint density at radius 2 is 1.68 bits per heavy atom. The Kier molecular flexibility index (Phi) is 10.5. The molecule has 0 saturated heterocycles. The second-order valence-electron chi connectivity index (χ2n) is 6.19. The zero-order valence-corrected chi connectivity index (χ0v) is 14.4. The summed E-state index contributed by atoms with van der Waals surface area (Å²) in [6, 6.07) is 0. The molecule has 22 heavy (non-hydrogen) atoms. The molecule has 1 fully saturated rings. The molecule has 0 bridgehead atoms. The molecule has 5 heteroatoms. The summed E-state index contributed by atoms with van der Waals surface area (Å²) in [5.41, 5.74) is 0. The van der Waals surface area contributed by atoms with Crippen molar-refractivity contribution >= 4 is 11.9 Å². The Morgan fingerprint density at radius 1 is 1.00 bits per heavy atom. The number of unbranched alkanes of at least 4 members (excludes halogenated alkanes) is 2. The van der Waals surface area contributed by atoms with Crippen molar-refractivity contribution in [2.45, 2.75) is 64.7 Å². The average molecular weight is 310 g/mol. The van der Waals surface area contributed by atoms with Crippen LogP contribution in [0, 0.1) is 5.92 Å². The van der Waals surface area contributed by atoms with Crippen LogP contribution >= 0.6 is 0 Å². The fourth-order valence-corrected chi connectivity index (χ4v) is 2.91. The highest BCUT2D eigenvalue weighted by molar-refractivity contribution is 5.79. The van der Waals surface area contributed by atoms with Gasteiger partial charge in [0.05, 0.1) is 0 Å². The van der Waals surface area contributed by atoms with E-state index in [1.807, 2.05) is 0 Å². The van der Waals surface area contributed by atoms with Gasteiger partial charge in [-0.25, -0.2) is 0 Å². The maximum Gasteiger partial charge on any atom is 0.220 e. The summed E-state index contributed by atoms with van der Waals surface area (Å²) in [4.78, 5) is 16.1. The molecule has 1 rings (SSSR count). The number of amides is 1. The largest absolute Gasteiger partial charge is 0.356 e. The van der Waals surface area contributed by atoms with Gasteiger partial charge in [0, 0.05) is 33.1 Å². The van der Waals surface area contributed by atoms with Crippen LogP contribution in [0.15, 0.2) is 4.99 Å². The van der Waals surface area contributed by atoms with E-state index in [9.17, 15) is 4.79 Å². The molecule has 1 amide bonds. The topological polar surface area (TPSA) is 65.5 Å². The molecule has 128 valence electrons. The van der Waals surface area contributed by atoms with Gasteiger partial charge in [0.25, 0.3) is 0 Å². The summed E-state index contributed by atoms with van der Waals surface area (Å²) < 4.78 is 0. The Morgan fingerprint density at radius 3 is 2.36 bits per heavy atom. The lowest BCUT2D eigenvalue weighted by molar-refractivity contribution is -0.122. The molecule has 0 atom stereocenters. The van der Waals surface area contributed by atoms with Crippen LogP contribution in [0.3, 0.4) is 0 Å². The fourth-order valence-electron chi connectivity index (χ4n) is 2.91. The van der Waals surface area contributed by atoms with E-state index in [4.69, 9.17) is 0 Å². The van der Waals surface area contributed by atoms with Gasteiger partial charge in [-0.2, -0.15) is 0 Å². The van der Waals surface area contributed by atoms with Crippen LogP contribution in [0.2, 0.25) is 0 Å². The molecule has 0 unspecified atom stereocenters. The van der Waals surface area contributed by atoms with Crippen molar-refractivity contribution in [3.8, 4) is 0 Å².